The Morgan fingerprint density at radius 1 is 0.895 bits per heavy atom. The average molecular weight is 260 g/mol. The van der Waals surface area contributed by atoms with E-state index >= 15 is 0 Å². The SMILES string of the molecule is Cc1ccc(C2(C3(C)CCCCC3)OCCO2)cc1. The van der Waals surface area contributed by atoms with Crippen molar-refractivity contribution in [1.29, 1.82) is 0 Å². The molecule has 0 atom stereocenters. The van der Waals surface area contributed by atoms with E-state index in [4.69, 9.17) is 9.47 Å². The van der Waals surface area contributed by atoms with Gasteiger partial charge in [0.1, 0.15) is 0 Å². The van der Waals surface area contributed by atoms with Gasteiger partial charge in [0.25, 0.3) is 0 Å². The molecular formula is C17H24O2. The van der Waals surface area contributed by atoms with Crippen molar-refractivity contribution in [3.8, 4) is 0 Å². The summed E-state index contributed by atoms with van der Waals surface area (Å²) in [4.78, 5) is 0. The maximum atomic E-state index is 6.19. The topological polar surface area (TPSA) is 18.5 Å². The molecule has 2 heteroatoms. The summed E-state index contributed by atoms with van der Waals surface area (Å²) in [6.07, 6.45) is 6.31. The molecule has 1 heterocycles. The first-order chi connectivity index (χ1) is 9.16. The van der Waals surface area contributed by atoms with Crippen LogP contribution in [0.3, 0.4) is 0 Å². The van der Waals surface area contributed by atoms with Crippen LogP contribution in [0.4, 0.5) is 0 Å². The Morgan fingerprint density at radius 2 is 1.47 bits per heavy atom. The van der Waals surface area contributed by atoms with Gasteiger partial charge in [-0.2, -0.15) is 0 Å². The second kappa shape index (κ2) is 4.92. The molecule has 0 bridgehead atoms. The van der Waals surface area contributed by atoms with Gasteiger partial charge in [0.2, 0.25) is 0 Å². The minimum Gasteiger partial charge on any atom is -0.343 e. The molecule has 0 spiro atoms. The summed E-state index contributed by atoms with van der Waals surface area (Å²) in [5.41, 5.74) is 2.59. The van der Waals surface area contributed by atoms with Crippen LogP contribution < -0.4 is 0 Å². The number of rotatable bonds is 2. The molecule has 104 valence electrons. The fourth-order valence-electron chi connectivity index (χ4n) is 3.71. The molecule has 2 fully saturated rings. The zero-order valence-corrected chi connectivity index (χ0v) is 12.1. The Labute approximate surface area is 116 Å². The van der Waals surface area contributed by atoms with E-state index in [0.29, 0.717) is 13.2 Å². The fourth-order valence-corrected chi connectivity index (χ4v) is 3.71. The monoisotopic (exact) mass is 260 g/mol. The molecule has 1 aromatic rings. The smallest absolute Gasteiger partial charge is 0.200 e. The van der Waals surface area contributed by atoms with Gasteiger partial charge in [-0.3, -0.25) is 0 Å². The van der Waals surface area contributed by atoms with Crippen molar-refractivity contribution < 1.29 is 9.47 Å². The Hall–Kier alpha value is -0.860. The van der Waals surface area contributed by atoms with Crippen molar-refractivity contribution in [2.75, 3.05) is 13.2 Å². The Morgan fingerprint density at radius 3 is 2.05 bits per heavy atom. The van der Waals surface area contributed by atoms with Crippen LogP contribution in [0.15, 0.2) is 24.3 Å². The molecule has 0 N–H and O–H groups in total. The largest absolute Gasteiger partial charge is 0.343 e. The third-order valence-electron chi connectivity index (χ3n) is 4.88. The molecule has 0 amide bonds. The highest BCUT2D eigenvalue weighted by Crippen LogP contribution is 2.54. The van der Waals surface area contributed by atoms with Gasteiger partial charge in [0.15, 0.2) is 5.79 Å². The standard InChI is InChI=1S/C17H24O2/c1-14-6-8-15(9-7-14)17(18-12-13-19-17)16(2)10-4-3-5-11-16/h6-9H,3-5,10-13H2,1-2H3. The van der Waals surface area contributed by atoms with Crippen molar-refractivity contribution in [2.45, 2.75) is 51.7 Å². The van der Waals surface area contributed by atoms with E-state index in [9.17, 15) is 0 Å². The first-order valence-electron chi connectivity index (χ1n) is 7.51. The molecule has 19 heavy (non-hydrogen) atoms. The van der Waals surface area contributed by atoms with E-state index in [1.54, 1.807) is 0 Å². The highest BCUT2D eigenvalue weighted by Gasteiger charge is 2.54. The molecule has 1 saturated carbocycles. The summed E-state index contributed by atoms with van der Waals surface area (Å²) >= 11 is 0. The quantitative estimate of drug-likeness (QED) is 0.794. The first-order valence-corrected chi connectivity index (χ1v) is 7.51. The van der Waals surface area contributed by atoms with Crippen molar-refractivity contribution >= 4 is 0 Å². The van der Waals surface area contributed by atoms with Gasteiger partial charge in [0, 0.05) is 11.0 Å². The molecule has 0 radical (unpaired) electrons. The predicted molar refractivity (Wildman–Crippen MR) is 76.0 cm³/mol. The number of benzene rings is 1. The average Bonchev–Trinajstić information content (AvgIpc) is 2.91. The van der Waals surface area contributed by atoms with Crippen molar-refractivity contribution in [2.24, 2.45) is 5.41 Å². The van der Waals surface area contributed by atoms with Crippen molar-refractivity contribution in [1.82, 2.24) is 0 Å². The van der Waals surface area contributed by atoms with Crippen molar-refractivity contribution in [3.63, 3.8) is 0 Å². The Balaban J connectivity index is 2.01. The molecule has 3 rings (SSSR count). The second-order valence-corrected chi connectivity index (χ2v) is 6.30. The van der Waals surface area contributed by atoms with E-state index in [0.717, 1.165) is 0 Å². The van der Waals surface area contributed by atoms with Crippen LogP contribution >= 0.6 is 0 Å². The molecule has 1 aromatic carbocycles. The summed E-state index contributed by atoms with van der Waals surface area (Å²) < 4.78 is 12.4. The third kappa shape index (κ3) is 2.11. The lowest BCUT2D eigenvalue weighted by molar-refractivity contribution is -0.252. The zero-order chi connectivity index (χ0) is 13.3. The maximum Gasteiger partial charge on any atom is 0.200 e. The van der Waals surface area contributed by atoms with Crippen molar-refractivity contribution in [3.05, 3.63) is 35.4 Å². The Kier molecular flexibility index (Phi) is 3.40. The van der Waals surface area contributed by atoms with Gasteiger partial charge < -0.3 is 9.47 Å². The van der Waals surface area contributed by atoms with E-state index in [1.807, 2.05) is 0 Å². The van der Waals surface area contributed by atoms with Crippen LogP contribution in [0.2, 0.25) is 0 Å². The fraction of sp³-hybridized carbons (Fsp3) is 0.647. The minimum absolute atomic E-state index is 0.108. The Bertz CT molecular complexity index is 423. The maximum absolute atomic E-state index is 6.19. The van der Waals surface area contributed by atoms with E-state index < -0.39 is 5.79 Å². The minimum atomic E-state index is -0.513. The lowest BCUT2D eigenvalue weighted by Crippen LogP contribution is -2.46. The van der Waals surface area contributed by atoms with E-state index in [-0.39, 0.29) is 5.41 Å². The van der Waals surface area contributed by atoms with Crippen LogP contribution in [0.5, 0.6) is 0 Å². The normalized spacial score (nSPS) is 25.4. The first kappa shape index (κ1) is 13.1. The second-order valence-electron chi connectivity index (χ2n) is 6.30. The van der Waals surface area contributed by atoms with Crippen LogP contribution in [0.25, 0.3) is 0 Å². The number of ether oxygens (including phenoxy) is 2. The lowest BCUT2D eigenvalue weighted by atomic mass is 9.67. The third-order valence-corrected chi connectivity index (χ3v) is 4.88. The van der Waals surface area contributed by atoms with Gasteiger partial charge in [-0.15, -0.1) is 0 Å². The predicted octanol–water partition coefficient (Wildman–Crippen LogP) is 4.17. The van der Waals surface area contributed by atoms with E-state index in [1.165, 1.54) is 43.2 Å². The summed E-state index contributed by atoms with van der Waals surface area (Å²) in [5.74, 6) is -0.513. The van der Waals surface area contributed by atoms with Gasteiger partial charge in [-0.1, -0.05) is 56.0 Å². The summed E-state index contributed by atoms with van der Waals surface area (Å²) in [6.45, 7) is 5.89. The number of hydrogen-bond donors (Lipinski definition) is 0. The van der Waals surface area contributed by atoms with Gasteiger partial charge >= 0.3 is 0 Å². The molecule has 1 aliphatic heterocycles. The van der Waals surface area contributed by atoms with Gasteiger partial charge in [0.05, 0.1) is 13.2 Å². The molecular weight excluding hydrogens is 236 g/mol. The van der Waals surface area contributed by atoms with Gasteiger partial charge in [-0.25, -0.2) is 0 Å². The summed E-state index contributed by atoms with van der Waals surface area (Å²) in [7, 11) is 0. The summed E-state index contributed by atoms with van der Waals surface area (Å²) in [5, 5.41) is 0. The molecule has 0 aromatic heterocycles. The highest BCUT2D eigenvalue weighted by molar-refractivity contribution is 5.28. The van der Waals surface area contributed by atoms with Crippen LogP contribution in [-0.2, 0) is 15.3 Å². The molecule has 2 nitrogen and oxygen atoms in total. The van der Waals surface area contributed by atoms with Crippen LogP contribution in [-0.4, -0.2) is 13.2 Å². The van der Waals surface area contributed by atoms with Crippen LogP contribution in [0, 0.1) is 12.3 Å². The number of aryl methyl sites for hydroxylation is 1. The van der Waals surface area contributed by atoms with Crippen LogP contribution in [0.1, 0.15) is 50.2 Å². The summed E-state index contributed by atoms with van der Waals surface area (Å²) in [6, 6.07) is 8.68. The van der Waals surface area contributed by atoms with Gasteiger partial charge in [-0.05, 0) is 19.8 Å². The van der Waals surface area contributed by atoms with E-state index in [2.05, 4.69) is 38.1 Å². The highest BCUT2D eigenvalue weighted by atomic mass is 16.7. The lowest BCUT2D eigenvalue weighted by Gasteiger charge is -2.47. The molecule has 1 saturated heterocycles. The zero-order valence-electron chi connectivity index (χ0n) is 12.1. The molecule has 2 aliphatic rings. The number of hydrogen-bond acceptors (Lipinski definition) is 2. The molecule has 1 aliphatic carbocycles. The molecule has 0 unspecified atom stereocenters.